The van der Waals surface area contributed by atoms with Crippen LogP contribution < -0.4 is 0 Å². The molecule has 0 fully saturated rings. The van der Waals surface area contributed by atoms with Crippen molar-refractivity contribution < 1.29 is 8.83 Å². The molecule has 6 nitrogen and oxygen atoms in total. The number of aromatic nitrogens is 4. The quantitative estimate of drug-likeness (QED) is 0.176. The monoisotopic (exact) mass is 730 g/mol. The number of rotatable bonds is 5. The Morgan fingerprint density at radius 3 is 1.77 bits per heavy atom. The summed E-state index contributed by atoms with van der Waals surface area (Å²) >= 11 is 0. The predicted molar refractivity (Wildman–Crippen MR) is 230 cm³/mol. The topological polar surface area (TPSA) is 69.9 Å². The molecule has 4 aromatic heterocycles. The fraction of sp³-hybridized carbons (Fsp3) is 0. The fourth-order valence-corrected chi connectivity index (χ4v) is 8.45. The minimum Gasteiger partial charge on any atom is -0.456 e. The van der Waals surface area contributed by atoms with Gasteiger partial charge in [-0.15, -0.1) is 0 Å². The fourth-order valence-electron chi connectivity index (χ4n) is 8.45. The van der Waals surface area contributed by atoms with Gasteiger partial charge in [-0.1, -0.05) is 133 Å². The highest BCUT2D eigenvalue weighted by Gasteiger charge is 2.23. The van der Waals surface area contributed by atoms with Gasteiger partial charge in [0.05, 0.1) is 27.7 Å². The normalized spacial score (nSPS) is 11.9. The maximum Gasteiger partial charge on any atom is 0.167 e. The van der Waals surface area contributed by atoms with Crippen LogP contribution in [0.3, 0.4) is 0 Å². The molecule has 266 valence electrons. The van der Waals surface area contributed by atoms with Crippen molar-refractivity contribution >= 4 is 65.7 Å². The van der Waals surface area contributed by atoms with Crippen molar-refractivity contribution in [3.8, 4) is 51.0 Å². The van der Waals surface area contributed by atoms with E-state index >= 15 is 0 Å². The number of benzene rings is 8. The van der Waals surface area contributed by atoms with Crippen LogP contribution in [0, 0.1) is 0 Å². The molecule has 6 heteroatoms. The lowest BCUT2D eigenvalue weighted by atomic mass is 10.0. The van der Waals surface area contributed by atoms with Crippen molar-refractivity contribution in [2.45, 2.75) is 0 Å². The van der Waals surface area contributed by atoms with Crippen LogP contribution in [0.1, 0.15) is 0 Å². The second-order valence-electron chi connectivity index (χ2n) is 14.4. The first-order valence-electron chi connectivity index (χ1n) is 19.0. The van der Waals surface area contributed by atoms with E-state index in [9.17, 15) is 0 Å². The molecule has 0 N–H and O–H groups in total. The zero-order valence-electron chi connectivity index (χ0n) is 30.4. The molecule has 0 bridgehead atoms. The maximum absolute atomic E-state index is 6.68. The largest absolute Gasteiger partial charge is 0.456 e. The standard InChI is InChI=1S/C51H30N4O2/c1-3-14-31(15-4-1)33-26-27-42-40(28-33)35-18-7-10-23-41(35)55(42)43-29-34(30-46-47(43)38-20-9-12-25-45(38)56-46)50-52-49(32-16-5-2-6-17-32)53-51(54-50)39-22-13-21-37-36-19-8-11-24-44(36)57-48(37)39/h1-30H. The highest BCUT2D eigenvalue weighted by molar-refractivity contribution is 6.16. The molecule has 0 spiro atoms. The first kappa shape index (κ1) is 31.5. The van der Waals surface area contributed by atoms with E-state index in [1.54, 1.807) is 0 Å². The van der Waals surface area contributed by atoms with Gasteiger partial charge in [-0.05, 0) is 59.7 Å². The molecule has 8 aromatic carbocycles. The van der Waals surface area contributed by atoms with E-state index < -0.39 is 0 Å². The Kier molecular flexibility index (Phi) is 6.83. The number of nitrogens with zero attached hydrogens (tertiary/aromatic N) is 4. The predicted octanol–water partition coefficient (Wildman–Crippen LogP) is 13.4. The van der Waals surface area contributed by atoms with Gasteiger partial charge in [-0.2, -0.15) is 0 Å². The van der Waals surface area contributed by atoms with Gasteiger partial charge in [-0.25, -0.2) is 15.0 Å². The van der Waals surface area contributed by atoms with Crippen LogP contribution >= 0.6 is 0 Å². The molecule has 0 atom stereocenters. The van der Waals surface area contributed by atoms with Crippen LogP contribution in [-0.4, -0.2) is 19.5 Å². The van der Waals surface area contributed by atoms with Crippen LogP contribution in [0.5, 0.6) is 0 Å². The van der Waals surface area contributed by atoms with Crippen molar-refractivity contribution in [1.82, 2.24) is 19.5 Å². The molecule has 12 rings (SSSR count). The molecule has 0 amide bonds. The number of furan rings is 2. The Labute approximate surface area is 325 Å². The lowest BCUT2D eigenvalue weighted by Crippen LogP contribution is -2.01. The maximum atomic E-state index is 6.68. The number of hydrogen-bond acceptors (Lipinski definition) is 5. The summed E-state index contributed by atoms with van der Waals surface area (Å²) in [6, 6.07) is 62.7. The van der Waals surface area contributed by atoms with Crippen LogP contribution in [-0.2, 0) is 0 Å². The summed E-state index contributed by atoms with van der Waals surface area (Å²) in [7, 11) is 0. The van der Waals surface area contributed by atoms with E-state index in [4.69, 9.17) is 23.8 Å². The van der Waals surface area contributed by atoms with Crippen LogP contribution in [0.2, 0.25) is 0 Å². The molecular weight excluding hydrogens is 701 g/mol. The van der Waals surface area contributed by atoms with Gasteiger partial charge in [0, 0.05) is 38.1 Å². The third-order valence-electron chi connectivity index (χ3n) is 11.0. The number of fused-ring (bicyclic) bond motifs is 9. The SMILES string of the molecule is c1ccc(-c2ccc3c(c2)c2ccccc2n3-c2cc(-c3nc(-c4ccccc4)nc(-c4cccc5c4oc4ccccc45)n3)cc3oc4ccccc4c23)cc1. The second kappa shape index (κ2) is 12.3. The third-order valence-corrected chi connectivity index (χ3v) is 11.0. The third kappa shape index (κ3) is 4.94. The summed E-state index contributed by atoms with van der Waals surface area (Å²) < 4.78 is 15.5. The highest BCUT2D eigenvalue weighted by Crippen LogP contribution is 2.42. The Bertz CT molecular complexity index is 3530. The average Bonchev–Trinajstić information content (AvgIpc) is 3.96. The molecular formula is C51H30N4O2. The molecule has 0 aliphatic carbocycles. The van der Waals surface area contributed by atoms with Gasteiger partial charge in [0.2, 0.25) is 0 Å². The Morgan fingerprint density at radius 1 is 0.351 bits per heavy atom. The van der Waals surface area contributed by atoms with Crippen molar-refractivity contribution in [3.63, 3.8) is 0 Å². The van der Waals surface area contributed by atoms with Crippen LogP contribution in [0.25, 0.3) is 117 Å². The molecule has 57 heavy (non-hydrogen) atoms. The molecule has 0 saturated heterocycles. The van der Waals surface area contributed by atoms with E-state index in [1.165, 1.54) is 21.9 Å². The van der Waals surface area contributed by atoms with E-state index in [-0.39, 0.29) is 0 Å². The molecule has 12 aromatic rings. The summed E-state index contributed by atoms with van der Waals surface area (Å²) in [4.78, 5) is 15.5. The molecule has 0 aliphatic heterocycles. The van der Waals surface area contributed by atoms with Crippen LogP contribution in [0.15, 0.2) is 191 Å². The zero-order valence-corrected chi connectivity index (χ0v) is 30.4. The van der Waals surface area contributed by atoms with E-state index in [2.05, 4.69) is 114 Å². The van der Waals surface area contributed by atoms with Crippen molar-refractivity contribution in [2.75, 3.05) is 0 Å². The molecule has 0 aliphatic rings. The lowest BCUT2D eigenvalue weighted by Gasteiger charge is -2.13. The first-order valence-corrected chi connectivity index (χ1v) is 19.0. The Hall–Kier alpha value is -7.83. The van der Waals surface area contributed by atoms with E-state index in [1.807, 2.05) is 72.8 Å². The van der Waals surface area contributed by atoms with Gasteiger partial charge >= 0.3 is 0 Å². The van der Waals surface area contributed by atoms with Gasteiger partial charge in [0.1, 0.15) is 22.3 Å². The average molecular weight is 731 g/mol. The second-order valence-corrected chi connectivity index (χ2v) is 14.4. The molecule has 0 unspecified atom stereocenters. The minimum atomic E-state index is 0.528. The Balaban J connectivity index is 1.15. The van der Waals surface area contributed by atoms with Crippen molar-refractivity contribution in [2.24, 2.45) is 0 Å². The van der Waals surface area contributed by atoms with Gasteiger partial charge in [0.15, 0.2) is 17.5 Å². The van der Waals surface area contributed by atoms with E-state index in [0.29, 0.717) is 17.5 Å². The van der Waals surface area contributed by atoms with Gasteiger partial charge in [0.25, 0.3) is 0 Å². The van der Waals surface area contributed by atoms with Crippen molar-refractivity contribution in [3.05, 3.63) is 182 Å². The summed E-state index contributed by atoms with van der Waals surface area (Å²) in [5.74, 6) is 1.63. The van der Waals surface area contributed by atoms with Crippen molar-refractivity contribution in [1.29, 1.82) is 0 Å². The molecule has 0 saturated carbocycles. The lowest BCUT2D eigenvalue weighted by molar-refractivity contribution is 0.668. The van der Waals surface area contributed by atoms with Crippen LogP contribution in [0.4, 0.5) is 0 Å². The minimum absolute atomic E-state index is 0.528. The summed E-state index contributed by atoms with van der Waals surface area (Å²) in [6.45, 7) is 0. The number of hydrogen-bond donors (Lipinski definition) is 0. The summed E-state index contributed by atoms with van der Waals surface area (Å²) in [5, 5.41) is 6.47. The van der Waals surface area contributed by atoms with Gasteiger partial charge < -0.3 is 13.4 Å². The first-order chi connectivity index (χ1) is 28.2. The molecule has 0 radical (unpaired) electrons. The summed E-state index contributed by atoms with van der Waals surface area (Å²) in [6.07, 6.45) is 0. The smallest absolute Gasteiger partial charge is 0.167 e. The molecule has 4 heterocycles. The van der Waals surface area contributed by atoms with Gasteiger partial charge in [-0.3, -0.25) is 0 Å². The Morgan fingerprint density at radius 2 is 0.965 bits per heavy atom. The summed E-state index contributed by atoms with van der Waals surface area (Å²) in [5.41, 5.74) is 11.1. The number of para-hydroxylation sites is 4. The zero-order chi connectivity index (χ0) is 37.5. The van der Waals surface area contributed by atoms with E-state index in [0.717, 1.165) is 77.3 Å². The highest BCUT2D eigenvalue weighted by atomic mass is 16.3.